The average molecular weight is 312 g/mol. The largest absolute Gasteiger partial charge is 0.381 e. The van der Waals surface area contributed by atoms with E-state index in [9.17, 15) is 8.42 Å². The van der Waals surface area contributed by atoms with E-state index in [0.29, 0.717) is 12.2 Å². The quantitative estimate of drug-likeness (QED) is 0.846. The van der Waals surface area contributed by atoms with Crippen molar-refractivity contribution in [3.8, 4) is 0 Å². The summed E-state index contributed by atoms with van der Waals surface area (Å²) in [5, 5.41) is 3.22. The van der Waals surface area contributed by atoms with Crippen LogP contribution in [0.15, 0.2) is 29.2 Å². The lowest BCUT2D eigenvalue weighted by molar-refractivity contribution is 0.0247. The monoisotopic (exact) mass is 312 g/mol. The van der Waals surface area contributed by atoms with Crippen LogP contribution in [-0.2, 0) is 14.8 Å². The van der Waals surface area contributed by atoms with Gasteiger partial charge in [-0.15, -0.1) is 0 Å². The Bertz CT molecular complexity index is 552. The molecule has 0 aliphatic carbocycles. The first-order chi connectivity index (χ1) is 9.99. The minimum absolute atomic E-state index is 0.135. The normalized spacial score (nSPS) is 19.7. The molecule has 0 bridgehead atoms. The lowest BCUT2D eigenvalue weighted by Gasteiger charge is -2.24. The molecule has 0 radical (unpaired) electrons. The third-order valence-electron chi connectivity index (χ3n) is 3.36. The fourth-order valence-corrected chi connectivity index (χ4v) is 3.85. The van der Waals surface area contributed by atoms with Crippen molar-refractivity contribution in [2.75, 3.05) is 18.5 Å². The molecule has 0 amide bonds. The van der Waals surface area contributed by atoms with Crippen LogP contribution in [0.25, 0.3) is 0 Å². The zero-order valence-corrected chi connectivity index (χ0v) is 13.4. The van der Waals surface area contributed by atoms with E-state index in [0.717, 1.165) is 19.4 Å². The van der Waals surface area contributed by atoms with Gasteiger partial charge in [0.1, 0.15) is 4.90 Å². The molecule has 6 heteroatoms. The molecule has 1 heterocycles. The molecule has 1 aromatic carbocycles. The number of ether oxygens (including phenoxy) is 1. The zero-order chi connectivity index (χ0) is 15.3. The molecule has 21 heavy (non-hydrogen) atoms. The molecule has 1 fully saturated rings. The fraction of sp³-hybridized carbons (Fsp3) is 0.600. The van der Waals surface area contributed by atoms with Gasteiger partial charge in [-0.05, 0) is 45.2 Å². The van der Waals surface area contributed by atoms with E-state index >= 15 is 0 Å². The first-order valence-electron chi connectivity index (χ1n) is 7.46. The highest BCUT2D eigenvalue weighted by Gasteiger charge is 2.20. The Kier molecular flexibility index (Phi) is 5.61. The number of anilines is 1. The maximum atomic E-state index is 12.3. The highest BCUT2D eigenvalue weighted by molar-refractivity contribution is 7.89. The minimum atomic E-state index is -3.50. The van der Waals surface area contributed by atoms with Crippen LogP contribution in [0.2, 0.25) is 0 Å². The van der Waals surface area contributed by atoms with Gasteiger partial charge in [0.15, 0.2) is 0 Å². The predicted molar refractivity (Wildman–Crippen MR) is 84.0 cm³/mol. The van der Waals surface area contributed by atoms with Crippen LogP contribution in [0, 0.1) is 0 Å². The summed E-state index contributed by atoms with van der Waals surface area (Å²) < 4.78 is 32.9. The number of para-hydroxylation sites is 1. The molecule has 0 aromatic heterocycles. The Hall–Kier alpha value is -1.11. The molecular formula is C15H24N2O3S. The van der Waals surface area contributed by atoms with Gasteiger partial charge in [0.05, 0.1) is 11.8 Å². The van der Waals surface area contributed by atoms with Gasteiger partial charge < -0.3 is 10.1 Å². The van der Waals surface area contributed by atoms with Gasteiger partial charge in [0.2, 0.25) is 10.0 Å². The summed E-state index contributed by atoms with van der Waals surface area (Å²) in [5.74, 6) is 0. The predicted octanol–water partition coefficient (Wildman–Crippen LogP) is 2.35. The first kappa shape index (κ1) is 16.3. The van der Waals surface area contributed by atoms with Gasteiger partial charge >= 0.3 is 0 Å². The van der Waals surface area contributed by atoms with Crippen LogP contribution < -0.4 is 10.0 Å². The Balaban J connectivity index is 2.09. The summed E-state index contributed by atoms with van der Waals surface area (Å²) in [6, 6.07) is 6.84. The molecule has 1 atom stereocenters. The summed E-state index contributed by atoms with van der Waals surface area (Å²) in [5.41, 5.74) is 0.625. The van der Waals surface area contributed by atoms with Crippen LogP contribution in [-0.4, -0.2) is 33.7 Å². The summed E-state index contributed by atoms with van der Waals surface area (Å²) >= 11 is 0. The molecule has 2 rings (SSSR count). The fourth-order valence-electron chi connectivity index (χ4n) is 2.41. The molecule has 1 unspecified atom stereocenters. The lowest BCUT2D eigenvalue weighted by atomic mass is 10.1. The number of benzene rings is 1. The summed E-state index contributed by atoms with van der Waals surface area (Å²) in [4.78, 5) is 0.287. The van der Waals surface area contributed by atoms with Crippen LogP contribution in [0.3, 0.4) is 0 Å². The van der Waals surface area contributed by atoms with Crippen LogP contribution in [0.5, 0.6) is 0 Å². The minimum Gasteiger partial charge on any atom is -0.381 e. The average Bonchev–Trinajstić information content (AvgIpc) is 2.45. The van der Waals surface area contributed by atoms with Crippen molar-refractivity contribution in [1.82, 2.24) is 4.72 Å². The van der Waals surface area contributed by atoms with E-state index < -0.39 is 10.0 Å². The van der Waals surface area contributed by atoms with E-state index in [2.05, 4.69) is 10.0 Å². The second-order valence-electron chi connectivity index (χ2n) is 5.64. The molecular weight excluding hydrogens is 288 g/mol. The molecule has 0 saturated carbocycles. The van der Waals surface area contributed by atoms with Crippen LogP contribution in [0.4, 0.5) is 5.69 Å². The highest BCUT2D eigenvalue weighted by atomic mass is 32.2. The smallest absolute Gasteiger partial charge is 0.242 e. The molecule has 118 valence electrons. The third kappa shape index (κ3) is 4.69. The van der Waals surface area contributed by atoms with Gasteiger partial charge in [-0.2, -0.15) is 0 Å². The van der Waals surface area contributed by atoms with Crippen molar-refractivity contribution in [3.63, 3.8) is 0 Å². The van der Waals surface area contributed by atoms with E-state index in [-0.39, 0.29) is 17.0 Å². The van der Waals surface area contributed by atoms with Crippen molar-refractivity contribution < 1.29 is 13.2 Å². The maximum absolute atomic E-state index is 12.3. The Morgan fingerprint density at radius 2 is 2.05 bits per heavy atom. The molecule has 5 nitrogen and oxygen atoms in total. The number of nitrogens with one attached hydrogen (secondary N) is 2. The topological polar surface area (TPSA) is 67.4 Å². The van der Waals surface area contributed by atoms with E-state index in [4.69, 9.17) is 4.74 Å². The molecule has 2 N–H and O–H groups in total. The second-order valence-corrected chi connectivity index (χ2v) is 7.32. The molecule has 0 spiro atoms. The highest BCUT2D eigenvalue weighted by Crippen LogP contribution is 2.22. The summed E-state index contributed by atoms with van der Waals surface area (Å²) in [6.45, 7) is 5.04. The van der Waals surface area contributed by atoms with Gasteiger partial charge in [-0.3, -0.25) is 0 Å². The molecule has 1 aromatic rings. The summed E-state index contributed by atoms with van der Waals surface area (Å²) in [7, 11) is -3.50. The Labute approximate surface area is 127 Å². The van der Waals surface area contributed by atoms with Crippen molar-refractivity contribution >= 4 is 15.7 Å². The second kappa shape index (κ2) is 7.24. The number of rotatable bonds is 6. The van der Waals surface area contributed by atoms with Gasteiger partial charge in [0.25, 0.3) is 0 Å². The van der Waals surface area contributed by atoms with Crippen LogP contribution in [0.1, 0.15) is 33.1 Å². The zero-order valence-electron chi connectivity index (χ0n) is 12.6. The first-order valence-corrected chi connectivity index (χ1v) is 8.94. The summed E-state index contributed by atoms with van der Waals surface area (Å²) in [6.07, 6.45) is 3.46. The molecule has 1 saturated heterocycles. The van der Waals surface area contributed by atoms with Crippen LogP contribution >= 0.6 is 0 Å². The number of hydrogen-bond acceptors (Lipinski definition) is 4. The van der Waals surface area contributed by atoms with Crippen molar-refractivity contribution in [3.05, 3.63) is 24.3 Å². The third-order valence-corrected chi connectivity index (χ3v) is 5.08. The lowest BCUT2D eigenvalue weighted by Crippen LogP contribution is -2.31. The van der Waals surface area contributed by atoms with E-state index in [1.807, 2.05) is 19.9 Å². The SMILES string of the molecule is CC(C)NS(=O)(=O)c1ccccc1NCC1CCCCO1. The van der Waals surface area contributed by atoms with Gasteiger partial charge in [-0.25, -0.2) is 13.1 Å². The van der Waals surface area contributed by atoms with E-state index in [1.54, 1.807) is 18.2 Å². The standard InChI is InChI=1S/C15H24N2O3S/c1-12(2)17-21(18,19)15-9-4-3-8-14(15)16-11-13-7-5-6-10-20-13/h3-4,8-9,12-13,16-17H,5-7,10-11H2,1-2H3. The number of hydrogen-bond donors (Lipinski definition) is 2. The van der Waals surface area contributed by atoms with Crippen molar-refractivity contribution in [1.29, 1.82) is 0 Å². The van der Waals surface area contributed by atoms with E-state index in [1.165, 1.54) is 6.42 Å². The Morgan fingerprint density at radius 3 is 2.71 bits per heavy atom. The van der Waals surface area contributed by atoms with Crippen molar-refractivity contribution in [2.24, 2.45) is 0 Å². The van der Waals surface area contributed by atoms with Gasteiger partial charge in [0, 0.05) is 19.2 Å². The molecule has 1 aliphatic heterocycles. The van der Waals surface area contributed by atoms with Gasteiger partial charge in [-0.1, -0.05) is 12.1 Å². The van der Waals surface area contributed by atoms with Crippen molar-refractivity contribution in [2.45, 2.75) is 50.2 Å². The Morgan fingerprint density at radius 1 is 1.29 bits per heavy atom. The number of sulfonamides is 1. The molecule has 1 aliphatic rings. The maximum Gasteiger partial charge on any atom is 0.242 e.